The second-order valence-electron chi connectivity index (χ2n) is 10.2. The standard InChI is InChI=1S/C30H33NO3/c1-21-11-9-10-16-25(21)30(34)18-17-26(24-14-7-4-8-15-24)29(28(32)33)20-31(22(2)27(29)30)19-23-12-5-3-6-13-23/h3-16,22,26-27,34H,17-20H2,1-2H3,(H,32,33). The molecule has 4 heteroatoms. The fourth-order valence-electron chi connectivity index (χ4n) is 7.03. The summed E-state index contributed by atoms with van der Waals surface area (Å²) >= 11 is 0. The quantitative estimate of drug-likeness (QED) is 0.544. The Bertz CT molecular complexity index is 1160. The number of fused-ring (bicyclic) bond motifs is 1. The van der Waals surface area contributed by atoms with Crippen molar-refractivity contribution < 1.29 is 15.0 Å². The first kappa shape index (κ1) is 22.8. The molecule has 0 radical (unpaired) electrons. The minimum atomic E-state index is -1.21. The maximum Gasteiger partial charge on any atom is 0.312 e. The Kier molecular flexibility index (Phi) is 5.83. The molecule has 3 aromatic rings. The van der Waals surface area contributed by atoms with Gasteiger partial charge in [0, 0.05) is 31.0 Å². The topological polar surface area (TPSA) is 60.8 Å². The number of carboxylic acid groups (broad SMARTS) is 1. The molecule has 1 aliphatic heterocycles. The van der Waals surface area contributed by atoms with Gasteiger partial charge < -0.3 is 10.2 Å². The van der Waals surface area contributed by atoms with E-state index >= 15 is 0 Å². The first-order valence-electron chi connectivity index (χ1n) is 12.2. The number of carbonyl (C=O) groups is 1. The van der Waals surface area contributed by atoms with Crippen LogP contribution < -0.4 is 0 Å². The third-order valence-corrected chi connectivity index (χ3v) is 8.47. The van der Waals surface area contributed by atoms with E-state index in [0.717, 1.165) is 22.3 Å². The molecule has 0 amide bonds. The highest BCUT2D eigenvalue weighted by atomic mass is 16.4. The van der Waals surface area contributed by atoms with Gasteiger partial charge in [-0.15, -0.1) is 0 Å². The number of aryl methyl sites for hydroxylation is 1. The van der Waals surface area contributed by atoms with E-state index in [-0.39, 0.29) is 12.0 Å². The van der Waals surface area contributed by atoms with Crippen LogP contribution in [0.5, 0.6) is 0 Å². The Morgan fingerprint density at radius 3 is 2.24 bits per heavy atom. The Balaban J connectivity index is 1.67. The third-order valence-electron chi connectivity index (χ3n) is 8.47. The summed E-state index contributed by atoms with van der Waals surface area (Å²) in [6.45, 7) is 5.20. The molecule has 1 saturated heterocycles. The lowest BCUT2D eigenvalue weighted by Crippen LogP contribution is -2.57. The molecular weight excluding hydrogens is 422 g/mol. The number of aliphatic carboxylic acids is 1. The second-order valence-corrected chi connectivity index (χ2v) is 10.2. The van der Waals surface area contributed by atoms with Crippen LogP contribution in [0.15, 0.2) is 84.9 Å². The lowest BCUT2D eigenvalue weighted by molar-refractivity contribution is -0.172. The SMILES string of the molecule is Cc1ccccc1C1(O)CCC(c2ccccc2)C2(C(=O)O)CN(Cc3ccccc3)C(C)C12. The maximum atomic E-state index is 13.4. The number of aliphatic hydroxyl groups is 1. The van der Waals surface area contributed by atoms with Crippen LogP contribution in [0.25, 0.3) is 0 Å². The summed E-state index contributed by atoms with van der Waals surface area (Å²) < 4.78 is 0. The van der Waals surface area contributed by atoms with Crippen LogP contribution in [-0.4, -0.2) is 33.7 Å². The van der Waals surface area contributed by atoms with Gasteiger partial charge in [-0.25, -0.2) is 0 Å². The molecule has 1 saturated carbocycles. The fraction of sp³-hybridized carbons (Fsp3) is 0.367. The summed E-state index contributed by atoms with van der Waals surface area (Å²) in [7, 11) is 0. The molecule has 1 aliphatic carbocycles. The van der Waals surface area contributed by atoms with E-state index in [2.05, 4.69) is 36.1 Å². The highest BCUT2D eigenvalue weighted by Gasteiger charge is 2.68. The number of hydrogen-bond acceptors (Lipinski definition) is 3. The van der Waals surface area contributed by atoms with Gasteiger partial charge in [-0.05, 0) is 48.9 Å². The van der Waals surface area contributed by atoms with Crippen molar-refractivity contribution in [1.82, 2.24) is 4.90 Å². The van der Waals surface area contributed by atoms with Crippen molar-refractivity contribution in [3.8, 4) is 0 Å². The molecule has 2 N–H and O–H groups in total. The smallest absolute Gasteiger partial charge is 0.312 e. The van der Waals surface area contributed by atoms with Crippen LogP contribution >= 0.6 is 0 Å². The van der Waals surface area contributed by atoms with Gasteiger partial charge in [0.05, 0.1) is 11.0 Å². The van der Waals surface area contributed by atoms with Crippen LogP contribution in [0.1, 0.15) is 47.9 Å². The van der Waals surface area contributed by atoms with Gasteiger partial charge >= 0.3 is 5.97 Å². The molecule has 1 heterocycles. The Morgan fingerprint density at radius 1 is 0.971 bits per heavy atom. The maximum absolute atomic E-state index is 13.4. The zero-order chi connectivity index (χ0) is 23.9. The third kappa shape index (κ3) is 3.48. The molecule has 0 aromatic heterocycles. The van der Waals surface area contributed by atoms with Gasteiger partial charge in [-0.3, -0.25) is 9.69 Å². The minimum Gasteiger partial charge on any atom is -0.481 e. The van der Waals surface area contributed by atoms with Gasteiger partial charge in [0.25, 0.3) is 0 Å². The van der Waals surface area contributed by atoms with Crippen molar-refractivity contribution in [2.75, 3.05) is 6.54 Å². The molecule has 176 valence electrons. The van der Waals surface area contributed by atoms with Gasteiger partial charge in [0.15, 0.2) is 0 Å². The van der Waals surface area contributed by atoms with Gasteiger partial charge in [-0.1, -0.05) is 84.9 Å². The predicted molar refractivity (Wildman–Crippen MR) is 133 cm³/mol. The number of hydrogen-bond donors (Lipinski definition) is 2. The fourth-order valence-corrected chi connectivity index (χ4v) is 7.03. The lowest BCUT2D eigenvalue weighted by atomic mass is 9.52. The summed E-state index contributed by atoms with van der Waals surface area (Å²) in [5.41, 5.74) is 1.78. The first-order chi connectivity index (χ1) is 16.4. The highest BCUT2D eigenvalue weighted by molar-refractivity contribution is 5.79. The van der Waals surface area contributed by atoms with Crippen LogP contribution in [-0.2, 0) is 16.9 Å². The van der Waals surface area contributed by atoms with E-state index in [0.29, 0.717) is 25.9 Å². The molecule has 5 atom stereocenters. The molecule has 4 nitrogen and oxygen atoms in total. The Hall–Kier alpha value is -2.95. The van der Waals surface area contributed by atoms with Gasteiger partial charge in [0.2, 0.25) is 0 Å². The van der Waals surface area contributed by atoms with E-state index in [1.165, 1.54) is 0 Å². The zero-order valence-electron chi connectivity index (χ0n) is 19.9. The normalized spacial score (nSPS) is 31.2. The Labute approximate surface area is 201 Å². The highest BCUT2D eigenvalue weighted by Crippen LogP contribution is 2.63. The number of carboxylic acids is 1. The Morgan fingerprint density at radius 2 is 1.59 bits per heavy atom. The summed E-state index contributed by atoms with van der Waals surface area (Å²) in [6.07, 6.45) is 1.17. The number of nitrogens with zero attached hydrogens (tertiary/aromatic N) is 1. The van der Waals surface area contributed by atoms with Gasteiger partial charge in [0.1, 0.15) is 0 Å². The molecule has 34 heavy (non-hydrogen) atoms. The van der Waals surface area contributed by atoms with E-state index in [4.69, 9.17) is 0 Å². The molecule has 0 bridgehead atoms. The average molecular weight is 456 g/mol. The molecule has 2 fully saturated rings. The lowest BCUT2D eigenvalue weighted by Gasteiger charge is -2.52. The van der Waals surface area contributed by atoms with Crippen molar-refractivity contribution in [3.63, 3.8) is 0 Å². The molecular formula is C30H33NO3. The predicted octanol–water partition coefficient (Wildman–Crippen LogP) is 5.35. The summed E-state index contributed by atoms with van der Waals surface area (Å²) in [5.74, 6) is -1.41. The average Bonchev–Trinajstić information content (AvgIpc) is 3.15. The summed E-state index contributed by atoms with van der Waals surface area (Å²) in [5, 5.41) is 23.4. The number of likely N-dealkylation sites (tertiary alicyclic amines) is 1. The first-order valence-corrected chi connectivity index (χ1v) is 12.2. The number of benzene rings is 3. The van der Waals surface area contributed by atoms with Crippen molar-refractivity contribution in [3.05, 3.63) is 107 Å². The molecule has 3 aromatic carbocycles. The van der Waals surface area contributed by atoms with E-state index in [1.807, 2.05) is 67.6 Å². The zero-order valence-corrected chi connectivity index (χ0v) is 19.9. The van der Waals surface area contributed by atoms with Crippen molar-refractivity contribution in [2.45, 2.75) is 50.8 Å². The largest absolute Gasteiger partial charge is 0.481 e. The molecule has 0 spiro atoms. The van der Waals surface area contributed by atoms with Crippen molar-refractivity contribution >= 4 is 5.97 Å². The minimum absolute atomic E-state index is 0.104. The van der Waals surface area contributed by atoms with Crippen molar-refractivity contribution in [2.24, 2.45) is 11.3 Å². The van der Waals surface area contributed by atoms with Gasteiger partial charge in [-0.2, -0.15) is 0 Å². The summed E-state index contributed by atoms with van der Waals surface area (Å²) in [4.78, 5) is 15.6. The van der Waals surface area contributed by atoms with E-state index in [9.17, 15) is 15.0 Å². The van der Waals surface area contributed by atoms with E-state index < -0.39 is 22.9 Å². The van der Waals surface area contributed by atoms with Crippen LogP contribution in [0.3, 0.4) is 0 Å². The number of rotatable bonds is 5. The molecule has 5 rings (SSSR count). The van der Waals surface area contributed by atoms with Crippen LogP contribution in [0.4, 0.5) is 0 Å². The van der Waals surface area contributed by atoms with Crippen molar-refractivity contribution in [1.29, 1.82) is 0 Å². The van der Waals surface area contributed by atoms with E-state index in [1.54, 1.807) is 0 Å². The molecule has 2 aliphatic rings. The monoisotopic (exact) mass is 455 g/mol. The second kappa shape index (κ2) is 8.68. The summed E-state index contributed by atoms with van der Waals surface area (Å²) in [6, 6.07) is 28.1. The van der Waals surface area contributed by atoms with Crippen LogP contribution in [0, 0.1) is 18.3 Å². The van der Waals surface area contributed by atoms with Crippen LogP contribution in [0.2, 0.25) is 0 Å². The molecule has 5 unspecified atom stereocenters.